The van der Waals surface area contributed by atoms with Gasteiger partial charge in [-0.3, -0.25) is 0 Å². The minimum atomic E-state index is 0.208. The fourth-order valence-corrected chi connectivity index (χ4v) is 0.437. The van der Waals surface area contributed by atoms with Crippen molar-refractivity contribution in [3.8, 4) is 0 Å². The summed E-state index contributed by atoms with van der Waals surface area (Å²) in [5.41, 5.74) is 2.40. The van der Waals surface area contributed by atoms with Crippen LogP contribution >= 0.6 is 0 Å². The van der Waals surface area contributed by atoms with Crippen LogP contribution in [0.25, 0.3) is 0 Å². The minimum absolute atomic E-state index is 0.208. The van der Waals surface area contributed by atoms with Gasteiger partial charge in [-0.05, 0) is 25.8 Å². The zero-order valence-corrected chi connectivity index (χ0v) is 5.86. The van der Waals surface area contributed by atoms with Gasteiger partial charge in [0.2, 0.25) is 0 Å². The molecule has 0 aliphatic rings. The van der Waals surface area contributed by atoms with Crippen molar-refractivity contribution >= 4 is 0 Å². The summed E-state index contributed by atoms with van der Waals surface area (Å²) in [6.07, 6.45) is 1.05. The predicted molar refractivity (Wildman–Crippen MR) is 35.8 cm³/mol. The van der Waals surface area contributed by atoms with Crippen LogP contribution < -0.4 is 0 Å². The largest absolute Gasteiger partial charge is 0.392 e. The molecule has 0 amide bonds. The van der Waals surface area contributed by atoms with Gasteiger partial charge in [-0.25, -0.2) is 0 Å². The van der Waals surface area contributed by atoms with Crippen LogP contribution in [-0.2, 0) is 0 Å². The van der Waals surface area contributed by atoms with Gasteiger partial charge >= 0.3 is 0 Å². The lowest BCUT2D eigenvalue weighted by Gasteiger charge is -1.98. The Kier molecular flexibility index (Phi) is 3.53. The predicted octanol–water partition coefficient (Wildman–Crippen LogP) is 1.73. The van der Waals surface area contributed by atoms with Crippen LogP contribution in [-0.4, -0.2) is 11.7 Å². The highest BCUT2D eigenvalue weighted by Crippen LogP contribution is 2.04. The van der Waals surface area contributed by atoms with Crippen LogP contribution in [0.4, 0.5) is 0 Å². The molecule has 0 aliphatic carbocycles. The first-order valence-corrected chi connectivity index (χ1v) is 2.98. The summed E-state index contributed by atoms with van der Waals surface area (Å²) in [5.74, 6) is 0. The maximum Gasteiger partial charge on any atom is 0.0641 e. The van der Waals surface area contributed by atoms with E-state index < -0.39 is 0 Å². The van der Waals surface area contributed by atoms with Gasteiger partial charge in [0.15, 0.2) is 0 Å². The molecule has 0 radical (unpaired) electrons. The molecule has 0 aliphatic heterocycles. The van der Waals surface area contributed by atoms with E-state index in [1.54, 1.807) is 0 Å². The van der Waals surface area contributed by atoms with E-state index in [0.717, 1.165) is 12.0 Å². The Morgan fingerprint density at radius 1 is 1.25 bits per heavy atom. The smallest absolute Gasteiger partial charge is 0.0641 e. The standard InChI is InChI=1S/C7H14O/c1-4-6(2)7(3)5-8/h8H,4-5H2,1-3H3. The van der Waals surface area contributed by atoms with Crippen LogP contribution in [0.15, 0.2) is 11.1 Å². The maximum absolute atomic E-state index is 8.58. The highest BCUT2D eigenvalue weighted by Gasteiger charge is 1.89. The first-order valence-electron chi connectivity index (χ1n) is 2.98. The van der Waals surface area contributed by atoms with Gasteiger partial charge in [-0.15, -0.1) is 0 Å². The Morgan fingerprint density at radius 2 is 1.75 bits per heavy atom. The van der Waals surface area contributed by atoms with Gasteiger partial charge in [0, 0.05) is 0 Å². The van der Waals surface area contributed by atoms with E-state index in [1.807, 2.05) is 13.8 Å². The molecular formula is C7H14O. The molecule has 0 rings (SSSR count). The number of aliphatic hydroxyl groups excluding tert-OH is 1. The van der Waals surface area contributed by atoms with Crippen molar-refractivity contribution in [2.45, 2.75) is 27.2 Å². The fraction of sp³-hybridized carbons (Fsp3) is 0.714. The van der Waals surface area contributed by atoms with Crippen molar-refractivity contribution in [3.63, 3.8) is 0 Å². The molecule has 0 aromatic carbocycles. The zero-order chi connectivity index (χ0) is 6.57. The average molecular weight is 114 g/mol. The first-order chi connectivity index (χ1) is 3.72. The van der Waals surface area contributed by atoms with Crippen LogP contribution in [0.3, 0.4) is 0 Å². The highest BCUT2D eigenvalue weighted by molar-refractivity contribution is 5.08. The lowest BCUT2D eigenvalue weighted by atomic mass is 10.1. The normalized spacial score (nSPS) is 13.5. The van der Waals surface area contributed by atoms with Crippen LogP contribution in [0.1, 0.15) is 27.2 Å². The van der Waals surface area contributed by atoms with Gasteiger partial charge in [-0.1, -0.05) is 12.5 Å². The van der Waals surface area contributed by atoms with E-state index in [1.165, 1.54) is 5.57 Å². The van der Waals surface area contributed by atoms with Crippen molar-refractivity contribution < 1.29 is 5.11 Å². The molecule has 0 atom stereocenters. The summed E-state index contributed by atoms with van der Waals surface area (Å²) in [5, 5.41) is 8.58. The van der Waals surface area contributed by atoms with Crippen LogP contribution in [0.5, 0.6) is 0 Å². The summed E-state index contributed by atoms with van der Waals surface area (Å²) >= 11 is 0. The van der Waals surface area contributed by atoms with E-state index in [2.05, 4.69) is 6.92 Å². The van der Waals surface area contributed by atoms with E-state index >= 15 is 0 Å². The molecular weight excluding hydrogens is 100 g/mol. The first kappa shape index (κ1) is 7.70. The van der Waals surface area contributed by atoms with E-state index in [0.29, 0.717) is 0 Å². The van der Waals surface area contributed by atoms with Crippen molar-refractivity contribution in [2.75, 3.05) is 6.61 Å². The zero-order valence-electron chi connectivity index (χ0n) is 5.86. The lowest BCUT2D eigenvalue weighted by Crippen LogP contribution is -1.87. The summed E-state index contributed by atoms with van der Waals surface area (Å²) in [6.45, 7) is 6.30. The van der Waals surface area contributed by atoms with Crippen LogP contribution in [0.2, 0.25) is 0 Å². The van der Waals surface area contributed by atoms with Crippen LogP contribution in [0, 0.1) is 0 Å². The van der Waals surface area contributed by atoms with Crippen molar-refractivity contribution in [1.82, 2.24) is 0 Å². The summed E-state index contributed by atoms with van der Waals surface area (Å²) < 4.78 is 0. The summed E-state index contributed by atoms with van der Waals surface area (Å²) in [4.78, 5) is 0. The van der Waals surface area contributed by atoms with Gasteiger partial charge in [0.05, 0.1) is 6.61 Å². The Balaban J connectivity index is 3.83. The third-order valence-corrected chi connectivity index (χ3v) is 1.50. The molecule has 1 N–H and O–H groups in total. The lowest BCUT2D eigenvalue weighted by molar-refractivity contribution is 0.330. The Hall–Kier alpha value is -0.300. The molecule has 0 heterocycles. The van der Waals surface area contributed by atoms with Gasteiger partial charge in [-0.2, -0.15) is 0 Å². The number of hydrogen-bond donors (Lipinski definition) is 1. The SMILES string of the molecule is CCC(C)=C(C)CO. The molecule has 1 nitrogen and oxygen atoms in total. The average Bonchev–Trinajstić information content (AvgIpc) is 1.84. The van der Waals surface area contributed by atoms with Crippen molar-refractivity contribution in [3.05, 3.63) is 11.1 Å². The molecule has 0 spiro atoms. The second kappa shape index (κ2) is 3.67. The molecule has 48 valence electrons. The Morgan fingerprint density at radius 3 is 1.88 bits per heavy atom. The topological polar surface area (TPSA) is 20.2 Å². The minimum Gasteiger partial charge on any atom is -0.392 e. The van der Waals surface area contributed by atoms with Crippen molar-refractivity contribution in [2.24, 2.45) is 0 Å². The van der Waals surface area contributed by atoms with Gasteiger partial charge < -0.3 is 5.11 Å². The molecule has 0 unspecified atom stereocenters. The Labute approximate surface area is 51.0 Å². The molecule has 0 bridgehead atoms. The third kappa shape index (κ3) is 2.12. The molecule has 0 saturated heterocycles. The van der Waals surface area contributed by atoms with E-state index in [4.69, 9.17) is 5.11 Å². The molecule has 0 fully saturated rings. The number of rotatable bonds is 2. The number of aliphatic hydroxyl groups is 1. The molecule has 0 aromatic rings. The molecule has 0 aromatic heterocycles. The fourth-order valence-electron chi connectivity index (χ4n) is 0.437. The second-order valence-electron chi connectivity index (χ2n) is 2.07. The molecule has 8 heavy (non-hydrogen) atoms. The van der Waals surface area contributed by atoms with E-state index in [9.17, 15) is 0 Å². The van der Waals surface area contributed by atoms with Gasteiger partial charge in [0.1, 0.15) is 0 Å². The highest BCUT2D eigenvalue weighted by atomic mass is 16.3. The molecule has 1 heteroatoms. The van der Waals surface area contributed by atoms with E-state index in [-0.39, 0.29) is 6.61 Å². The number of hydrogen-bond acceptors (Lipinski definition) is 1. The number of allylic oxidation sites excluding steroid dienone is 1. The third-order valence-electron chi connectivity index (χ3n) is 1.50. The molecule has 0 saturated carbocycles. The maximum atomic E-state index is 8.58. The monoisotopic (exact) mass is 114 g/mol. The quantitative estimate of drug-likeness (QED) is 0.542. The van der Waals surface area contributed by atoms with Gasteiger partial charge in [0.25, 0.3) is 0 Å². The second-order valence-corrected chi connectivity index (χ2v) is 2.07. The van der Waals surface area contributed by atoms with Crippen molar-refractivity contribution in [1.29, 1.82) is 0 Å². The summed E-state index contributed by atoms with van der Waals surface area (Å²) in [6, 6.07) is 0. The summed E-state index contributed by atoms with van der Waals surface area (Å²) in [7, 11) is 0. The Bertz CT molecular complexity index is 80.6.